The van der Waals surface area contributed by atoms with Gasteiger partial charge in [0.15, 0.2) is 12.9 Å². The number of aliphatic hydroxyl groups is 2. The molecule has 0 spiro atoms. The van der Waals surface area contributed by atoms with Crippen LogP contribution in [-0.2, 0) is 35.1 Å². The summed E-state index contributed by atoms with van der Waals surface area (Å²) in [6.07, 6.45) is -5.96. The van der Waals surface area contributed by atoms with Gasteiger partial charge in [0.2, 0.25) is 5.78 Å². The van der Waals surface area contributed by atoms with Crippen molar-refractivity contribution in [2.75, 3.05) is 20.3 Å². The molecule has 8 N–H and O–H groups in total. The van der Waals surface area contributed by atoms with Gasteiger partial charge in [-0.3, -0.25) is 9.59 Å². The van der Waals surface area contributed by atoms with Crippen molar-refractivity contribution in [2.45, 2.75) is 75.3 Å². The fourth-order valence-electron chi connectivity index (χ4n) is 6.35. The molecule has 260 valence electrons. The zero-order valence-corrected chi connectivity index (χ0v) is 26.0. The number of carbonyl (C=O) groups excluding carboxylic acids is 2. The summed E-state index contributed by atoms with van der Waals surface area (Å²) >= 11 is 0. The van der Waals surface area contributed by atoms with E-state index in [4.69, 9.17) is 24.7 Å². The molecule has 17 nitrogen and oxygen atoms in total. The number of ketones is 1. The number of aromatic hydroxyl groups is 4. The van der Waals surface area contributed by atoms with Crippen LogP contribution in [0.25, 0.3) is 21.5 Å². The molecule has 3 aromatic carbocycles. The van der Waals surface area contributed by atoms with E-state index in [1.165, 1.54) is 25.3 Å². The third-order valence-corrected chi connectivity index (χ3v) is 8.79. The number of Topliss-reactive ketones (excluding diaryl/α,β-unsaturated/α-hetero) is 1. The number of aliphatic hydroxyl groups excluding tert-OH is 1. The Hall–Kier alpha value is -4.68. The zero-order chi connectivity index (χ0) is 35.1. The van der Waals surface area contributed by atoms with Crippen molar-refractivity contribution in [3.8, 4) is 28.7 Å². The quantitative estimate of drug-likeness (QED) is 0.0378. The van der Waals surface area contributed by atoms with E-state index in [0.29, 0.717) is 0 Å². The second kappa shape index (κ2) is 13.4. The molecular weight excluding hydrogens is 640 g/mol. The monoisotopic (exact) mass is 676 g/mol. The molecule has 0 saturated carbocycles. The third-order valence-electron chi connectivity index (χ3n) is 8.79. The maximum atomic E-state index is 13.4. The minimum Gasteiger partial charge on any atom is -0.507 e. The predicted octanol–water partition coefficient (Wildman–Crippen LogP) is 1.48. The summed E-state index contributed by atoms with van der Waals surface area (Å²) in [7, 11) is 1.34. The summed E-state index contributed by atoms with van der Waals surface area (Å²) in [6.45, 7) is 0.264. The first-order valence-electron chi connectivity index (χ1n) is 15.0. The van der Waals surface area contributed by atoms with Crippen LogP contribution in [0.5, 0.6) is 28.7 Å². The van der Waals surface area contributed by atoms with Gasteiger partial charge in [-0.2, -0.15) is 0 Å². The van der Waals surface area contributed by atoms with E-state index in [1.807, 2.05) is 0 Å². The number of ether oxygens (including phenoxy) is 4. The zero-order valence-electron chi connectivity index (χ0n) is 26.0. The van der Waals surface area contributed by atoms with Crippen LogP contribution in [0.1, 0.15) is 49.8 Å². The Labute approximate surface area is 272 Å². The van der Waals surface area contributed by atoms with Gasteiger partial charge in [-0.25, -0.2) is 0 Å². The van der Waals surface area contributed by atoms with Crippen molar-refractivity contribution in [3.05, 3.63) is 39.4 Å². The van der Waals surface area contributed by atoms with Crippen LogP contribution in [0.15, 0.2) is 18.2 Å². The SMILES string of the molecule is COc1cccc2c(O)c3c(O)c4c(c(O)c3c(O)c12)[C@@H](OC1CC(N)C(O)C(C)O1)C[C@](O)(C(=O)COC(=O)CCCO[N+](=O)[O-])C4. The van der Waals surface area contributed by atoms with E-state index in [2.05, 4.69) is 4.84 Å². The number of phenols is 4. The molecule has 0 bridgehead atoms. The number of benzene rings is 3. The Morgan fingerprint density at radius 1 is 1.10 bits per heavy atom. The lowest BCUT2D eigenvalue weighted by Crippen LogP contribution is -2.53. The van der Waals surface area contributed by atoms with Gasteiger partial charge in [0, 0.05) is 48.2 Å². The van der Waals surface area contributed by atoms with Gasteiger partial charge in [-0.05, 0) is 19.4 Å². The molecule has 0 aromatic heterocycles. The fraction of sp³-hybridized carbons (Fsp3) is 0.484. The molecule has 1 aliphatic heterocycles. The number of hydrogen-bond donors (Lipinski definition) is 7. The highest BCUT2D eigenvalue weighted by Gasteiger charge is 2.48. The molecule has 48 heavy (non-hydrogen) atoms. The fourth-order valence-corrected chi connectivity index (χ4v) is 6.35. The van der Waals surface area contributed by atoms with Crippen LogP contribution in [0.4, 0.5) is 0 Å². The number of nitrogens with two attached hydrogens (primary N) is 1. The molecular formula is C31H36N2O15. The van der Waals surface area contributed by atoms with Crippen LogP contribution in [0.3, 0.4) is 0 Å². The normalized spacial score (nSPS) is 25.4. The first-order chi connectivity index (χ1) is 22.7. The van der Waals surface area contributed by atoms with Crippen molar-refractivity contribution in [3.63, 3.8) is 0 Å². The van der Waals surface area contributed by atoms with Crippen LogP contribution in [-0.4, -0.2) is 97.9 Å². The van der Waals surface area contributed by atoms with Crippen LogP contribution < -0.4 is 10.5 Å². The van der Waals surface area contributed by atoms with Crippen LogP contribution in [0.2, 0.25) is 0 Å². The second-order valence-corrected chi connectivity index (χ2v) is 11.9. The molecule has 1 saturated heterocycles. The lowest BCUT2D eigenvalue weighted by atomic mass is 9.74. The number of phenolic OH excluding ortho intramolecular Hbond substituents is 4. The Bertz CT molecular complexity index is 1750. The van der Waals surface area contributed by atoms with Gasteiger partial charge in [-0.15, -0.1) is 10.1 Å². The number of nitrogens with zero attached hydrogens (tertiary/aromatic N) is 1. The van der Waals surface area contributed by atoms with E-state index in [1.54, 1.807) is 6.92 Å². The second-order valence-electron chi connectivity index (χ2n) is 11.9. The summed E-state index contributed by atoms with van der Waals surface area (Å²) in [4.78, 5) is 40.0. The molecule has 3 aromatic rings. The van der Waals surface area contributed by atoms with E-state index in [0.717, 1.165) is 0 Å². The third kappa shape index (κ3) is 6.29. The Morgan fingerprint density at radius 3 is 2.48 bits per heavy atom. The first kappa shape index (κ1) is 34.6. The van der Waals surface area contributed by atoms with Gasteiger partial charge < -0.3 is 60.2 Å². The van der Waals surface area contributed by atoms with Crippen LogP contribution in [0, 0.1) is 10.1 Å². The van der Waals surface area contributed by atoms with Gasteiger partial charge >= 0.3 is 5.97 Å². The smallest absolute Gasteiger partial charge is 0.306 e. The van der Waals surface area contributed by atoms with E-state index >= 15 is 0 Å². The molecule has 17 heteroatoms. The highest BCUT2D eigenvalue weighted by Crippen LogP contribution is 2.57. The number of methoxy groups -OCH3 is 1. The highest BCUT2D eigenvalue weighted by atomic mass is 16.9. The summed E-state index contributed by atoms with van der Waals surface area (Å²) in [5.41, 5.74) is 3.36. The molecule has 4 unspecified atom stereocenters. The number of rotatable bonds is 11. The Kier molecular flexibility index (Phi) is 9.70. The van der Waals surface area contributed by atoms with Gasteiger partial charge in [-0.1, -0.05) is 12.1 Å². The first-order valence-corrected chi connectivity index (χ1v) is 15.0. The summed E-state index contributed by atoms with van der Waals surface area (Å²) in [5.74, 6) is -4.12. The van der Waals surface area contributed by atoms with E-state index in [-0.39, 0.29) is 64.3 Å². The van der Waals surface area contributed by atoms with Crippen molar-refractivity contribution in [2.24, 2.45) is 5.73 Å². The summed E-state index contributed by atoms with van der Waals surface area (Å²) in [6, 6.07) is 3.72. The lowest BCUT2D eigenvalue weighted by molar-refractivity contribution is -0.757. The molecule has 5 rings (SSSR count). The molecule has 2 aliphatic rings. The topological polar surface area (TPSA) is 271 Å². The number of carbonyl (C=O) groups is 2. The largest absolute Gasteiger partial charge is 0.507 e. The average molecular weight is 677 g/mol. The number of fused-ring (bicyclic) bond motifs is 3. The molecule has 1 heterocycles. The highest BCUT2D eigenvalue weighted by molar-refractivity contribution is 6.17. The Balaban J connectivity index is 1.57. The van der Waals surface area contributed by atoms with E-state index in [9.17, 15) is 50.3 Å². The molecule has 1 aliphatic carbocycles. The molecule has 6 atom stereocenters. The maximum absolute atomic E-state index is 13.4. The van der Waals surface area contributed by atoms with Gasteiger partial charge in [0.05, 0.1) is 48.2 Å². The minimum absolute atomic E-state index is 0.0321. The molecule has 0 radical (unpaired) electrons. The number of hydrogen-bond acceptors (Lipinski definition) is 16. The lowest BCUT2D eigenvalue weighted by Gasteiger charge is -2.42. The minimum atomic E-state index is -2.37. The van der Waals surface area contributed by atoms with Crippen LogP contribution >= 0.6 is 0 Å². The van der Waals surface area contributed by atoms with Crippen molar-refractivity contribution >= 4 is 33.3 Å². The summed E-state index contributed by atoms with van der Waals surface area (Å²) in [5, 5.41) is 76.7. The summed E-state index contributed by atoms with van der Waals surface area (Å²) < 4.78 is 22.2. The average Bonchev–Trinajstić information content (AvgIpc) is 3.04. The standard InChI is InChI=1S/C31H36N2O15/c1-13-26(36)16(32)9-21(47-13)48-18-11-31(41,19(34)12-45-20(35)7-4-8-46-33(42)43)10-15-23(18)30(40)25-24(28(15)38)27(37)14-5-3-6-17(44-2)22(14)29(25)39/h3,5-6,13,16,18,21,26,36-41H,4,7-12,32H2,1-2H3/t13?,16?,18-,21?,26?,31-/m0/s1. The van der Waals surface area contributed by atoms with Crippen molar-refractivity contribution in [1.29, 1.82) is 0 Å². The molecule has 0 amide bonds. The van der Waals surface area contributed by atoms with E-state index < -0.39 is 95.5 Å². The predicted molar refractivity (Wildman–Crippen MR) is 163 cm³/mol. The number of esters is 1. The van der Waals surface area contributed by atoms with Crippen molar-refractivity contribution in [1.82, 2.24) is 0 Å². The Morgan fingerprint density at radius 2 is 1.81 bits per heavy atom. The van der Waals surface area contributed by atoms with Gasteiger partial charge in [0.1, 0.15) is 34.3 Å². The van der Waals surface area contributed by atoms with Crippen molar-refractivity contribution < 1.29 is 69.1 Å². The maximum Gasteiger partial charge on any atom is 0.306 e. The van der Waals surface area contributed by atoms with Gasteiger partial charge in [0.25, 0.3) is 5.09 Å². The molecule has 1 fully saturated rings.